The van der Waals surface area contributed by atoms with Crippen molar-refractivity contribution in [1.29, 1.82) is 0 Å². The van der Waals surface area contributed by atoms with Gasteiger partial charge in [-0.05, 0) is 41.5 Å². The summed E-state index contributed by atoms with van der Waals surface area (Å²) in [5.41, 5.74) is 8.00. The van der Waals surface area contributed by atoms with Crippen LogP contribution in [0, 0.1) is 0 Å². The zero-order valence-electron chi connectivity index (χ0n) is 23.6. The van der Waals surface area contributed by atoms with Crippen molar-refractivity contribution < 1.29 is 4.42 Å². The number of hydrogen-bond donors (Lipinski definition) is 0. The Morgan fingerprint density at radius 2 is 1.05 bits per heavy atom. The van der Waals surface area contributed by atoms with Crippen LogP contribution in [0.2, 0.25) is 0 Å². The molecule has 0 aliphatic carbocycles. The maximum Gasteiger partial charge on any atom is 0.238 e. The van der Waals surface area contributed by atoms with E-state index < -0.39 is 0 Å². The number of furan rings is 1. The van der Waals surface area contributed by atoms with Gasteiger partial charge in [-0.25, -0.2) is 4.98 Å². The number of fused-ring (bicyclic) bond motifs is 6. The van der Waals surface area contributed by atoms with E-state index in [1.165, 1.54) is 0 Å². The van der Waals surface area contributed by atoms with Gasteiger partial charge in [-0.2, -0.15) is 9.97 Å². The lowest BCUT2D eigenvalue weighted by atomic mass is 9.98. The molecule has 0 aliphatic rings. The number of hydrogen-bond acceptors (Lipinski definition) is 4. The minimum atomic E-state index is 0.583. The second-order valence-electron chi connectivity index (χ2n) is 10.9. The summed E-state index contributed by atoms with van der Waals surface area (Å²) in [5.74, 6) is 1.85. The predicted molar refractivity (Wildman–Crippen MR) is 178 cm³/mol. The van der Waals surface area contributed by atoms with E-state index in [0.29, 0.717) is 17.6 Å². The molecule has 0 N–H and O–H groups in total. The first kappa shape index (κ1) is 24.5. The van der Waals surface area contributed by atoms with E-state index in [4.69, 9.17) is 19.4 Å². The van der Waals surface area contributed by atoms with Gasteiger partial charge in [0.25, 0.3) is 0 Å². The Kier molecular flexibility index (Phi) is 5.43. The van der Waals surface area contributed by atoms with Crippen LogP contribution in [0.3, 0.4) is 0 Å². The number of aromatic nitrogens is 4. The van der Waals surface area contributed by atoms with Gasteiger partial charge < -0.3 is 4.42 Å². The predicted octanol–water partition coefficient (Wildman–Crippen LogP) is 9.87. The number of nitrogens with zero attached hydrogens (tertiary/aromatic N) is 4. The van der Waals surface area contributed by atoms with Gasteiger partial charge >= 0.3 is 0 Å². The lowest BCUT2D eigenvalue weighted by molar-refractivity contribution is 0.669. The maximum atomic E-state index is 6.20. The molecule has 44 heavy (non-hydrogen) atoms. The Balaban J connectivity index is 1.31. The minimum absolute atomic E-state index is 0.583. The fourth-order valence-corrected chi connectivity index (χ4v) is 6.27. The lowest BCUT2D eigenvalue weighted by Gasteiger charge is -2.11. The monoisotopic (exact) mass is 564 g/mol. The summed E-state index contributed by atoms with van der Waals surface area (Å²) in [4.78, 5) is 15.0. The minimum Gasteiger partial charge on any atom is -0.456 e. The van der Waals surface area contributed by atoms with Crippen molar-refractivity contribution in [2.45, 2.75) is 0 Å². The van der Waals surface area contributed by atoms with Gasteiger partial charge in [0.1, 0.15) is 11.2 Å². The van der Waals surface area contributed by atoms with Crippen molar-refractivity contribution in [2.75, 3.05) is 0 Å². The molecule has 0 saturated heterocycles. The summed E-state index contributed by atoms with van der Waals surface area (Å²) in [5, 5.41) is 4.51. The fraction of sp³-hybridized carbons (Fsp3) is 0. The fourth-order valence-electron chi connectivity index (χ4n) is 6.27. The Morgan fingerprint density at radius 1 is 0.432 bits per heavy atom. The van der Waals surface area contributed by atoms with E-state index in [1.807, 2.05) is 78.9 Å². The molecular weight excluding hydrogens is 540 g/mol. The van der Waals surface area contributed by atoms with Crippen LogP contribution in [0.15, 0.2) is 150 Å². The van der Waals surface area contributed by atoms with Crippen LogP contribution in [0.1, 0.15) is 0 Å². The molecule has 9 rings (SSSR count). The van der Waals surface area contributed by atoms with Crippen LogP contribution in [-0.4, -0.2) is 19.5 Å². The molecule has 206 valence electrons. The van der Waals surface area contributed by atoms with Crippen molar-refractivity contribution >= 4 is 43.7 Å². The van der Waals surface area contributed by atoms with Crippen molar-refractivity contribution in [3.63, 3.8) is 0 Å². The van der Waals surface area contributed by atoms with Gasteiger partial charge in [-0.15, -0.1) is 0 Å². The largest absolute Gasteiger partial charge is 0.456 e. The Hall–Kier alpha value is -6.07. The van der Waals surface area contributed by atoms with E-state index in [0.717, 1.165) is 66.0 Å². The second kappa shape index (κ2) is 9.75. The van der Waals surface area contributed by atoms with E-state index in [9.17, 15) is 0 Å². The first-order valence-corrected chi connectivity index (χ1v) is 14.6. The third-order valence-electron chi connectivity index (χ3n) is 8.27. The van der Waals surface area contributed by atoms with E-state index in [-0.39, 0.29) is 0 Å². The quantitative estimate of drug-likeness (QED) is 0.213. The van der Waals surface area contributed by atoms with Crippen LogP contribution in [0.4, 0.5) is 0 Å². The summed E-state index contributed by atoms with van der Waals surface area (Å²) >= 11 is 0. The highest BCUT2D eigenvalue weighted by molar-refractivity contribution is 6.15. The molecule has 6 aromatic carbocycles. The molecule has 5 nitrogen and oxygen atoms in total. The van der Waals surface area contributed by atoms with Crippen molar-refractivity contribution in [2.24, 2.45) is 0 Å². The zero-order valence-corrected chi connectivity index (χ0v) is 23.6. The third-order valence-corrected chi connectivity index (χ3v) is 8.27. The number of rotatable bonds is 4. The Morgan fingerprint density at radius 3 is 1.80 bits per heavy atom. The van der Waals surface area contributed by atoms with Gasteiger partial charge in [0, 0.05) is 32.7 Å². The van der Waals surface area contributed by atoms with Gasteiger partial charge in [-0.1, -0.05) is 115 Å². The molecule has 9 aromatic rings. The SMILES string of the molecule is c1ccc(-c2nc(-c3ccccc3)nc(-n3c4ccccc4c4cc(-c5cccc6oc7ccccc7c56)ccc43)n2)cc1. The third kappa shape index (κ3) is 3.83. The summed E-state index contributed by atoms with van der Waals surface area (Å²) in [6, 6.07) is 49.8. The topological polar surface area (TPSA) is 56.7 Å². The summed E-state index contributed by atoms with van der Waals surface area (Å²) in [7, 11) is 0. The van der Waals surface area contributed by atoms with Crippen LogP contribution < -0.4 is 0 Å². The Bertz CT molecular complexity index is 2440. The smallest absolute Gasteiger partial charge is 0.238 e. The average molecular weight is 565 g/mol. The molecule has 0 radical (unpaired) electrons. The molecule has 3 aromatic heterocycles. The molecule has 0 fully saturated rings. The van der Waals surface area contributed by atoms with Crippen molar-refractivity contribution in [3.8, 4) is 39.9 Å². The van der Waals surface area contributed by atoms with Gasteiger partial charge in [0.2, 0.25) is 5.95 Å². The molecular formula is C39H24N4O. The molecule has 0 saturated carbocycles. The van der Waals surface area contributed by atoms with Crippen LogP contribution >= 0.6 is 0 Å². The van der Waals surface area contributed by atoms with Crippen molar-refractivity contribution in [3.05, 3.63) is 146 Å². The molecule has 5 heteroatoms. The molecule has 0 bridgehead atoms. The summed E-state index contributed by atoms with van der Waals surface area (Å²) in [6.45, 7) is 0. The molecule has 0 aliphatic heterocycles. The summed E-state index contributed by atoms with van der Waals surface area (Å²) < 4.78 is 8.36. The normalized spacial score (nSPS) is 11.6. The first-order valence-electron chi connectivity index (χ1n) is 14.6. The molecule has 0 atom stereocenters. The van der Waals surface area contributed by atoms with Crippen LogP contribution in [0.25, 0.3) is 83.6 Å². The molecule has 0 amide bonds. The number of para-hydroxylation sites is 2. The van der Waals surface area contributed by atoms with Gasteiger partial charge in [-0.3, -0.25) is 4.57 Å². The maximum absolute atomic E-state index is 6.20. The number of benzene rings is 6. The van der Waals surface area contributed by atoms with E-state index >= 15 is 0 Å². The highest BCUT2D eigenvalue weighted by atomic mass is 16.3. The van der Waals surface area contributed by atoms with Crippen LogP contribution in [0.5, 0.6) is 0 Å². The van der Waals surface area contributed by atoms with Crippen molar-refractivity contribution in [1.82, 2.24) is 19.5 Å². The first-order chi connectivity index (χ1) is 21.8. The standard InChI is InChI=1S/C39H24N4O/c1-3-12-25(13-4-1)37-40-38(26-14-5-2-6-15-26)42-39(41-37)43-32-19-9-7-16-29(32)31-24-27(22-23-33(31)43)28-18-11-21-35-36(28)30-17-8-10-20-34(30)44-35/h1-24H. The average Bonchev–Trinajstić information content (AvgIpc) is 3.64. The van der Waals surface area contributed by atoms with Gasteiger partial charge in [0.05, 0.1) is 11.0 Å². The second-order valence-corrected chi connectivity index (χ2v) is 10.9. The van der Waals surface area contributed by atoms with E-state index in [1.54, 1.807) is 0 Å². The summed E-state index contributed by atoms with van der Waals surface area (Å²) in [6.07, 6.45) is 0. The zero-order chi connectivity index (χ0) is 29.0. The molecule has 0 unspecified atom stereocenters. The van der Waals surface area contributed by atoms with Gasteiger partial charge in [0.15, 0.2) is 11.6 Å². The molecule has 3 heterocycles. The van der Waals surface area contributed by atoms with E-state index in [2.05, 4.69) is 71.3 Å². The highest BCUT2D eigenvalue weighted by Crippen LogP contribution is 2.39. The lowest BCUT2D eigenvalue weighted by Crippen LogP contribution is -2.06. The highest BCUT2D eigenvalue weighted by Gasteiger charge is 2.19. The molecule has 0 spiro atoms. The van der Waals surface area contributed by atoms with Crippen LogP contribution in [-0.2, 0) is 0 Å². The Labute approximate surface area is 252 Å².